The normalized spacial score (nSPS) is 11.5. The predicted octanol–water partition coefficient (Wildman–Crippen LogP) is 3.20. The third-order valence-corrected chi connectivity index (χ3v) is 2.15. The molecule has 1 aromatic carbocycles. The molecule has 0 saturated carbocycles. The highest BCUT2D eigenvalue weighted by Gasteiger charge is 2.32. The van der Waals surface area contributed by atoms with Gasteiger partial charge in [0.25, 0.3) is 0 Å². The summed E-state index contributed by atoms with van der Waals surface area (Å²) in [4.78, 5) is 0. The minimum Gasteiger partial charge on any atom is -0.405 e. The number of ether oxygens (including phenoxy) is 1. The summed E-state index contributed by atoms with van der Waals surface area (Å²) < 4.78 is 52.3. The summed E-state index contributed by atoms with van der Waals surface area (Å²) in [7, 11) is 0. The molecule has 2 N–H and O–H groups in total. The molecule has 0 atom stereocenters. The quantitative estimate of drug-likeness (QED) is 0.515. The van der Waals surface area contributed by atoms with Crippen LogP contribution in [0.1, 0.15) is 5.56 Å². The zero-order chi connectivity index (χ0) is 11.6. The Hall–Kier alpha value is -0.980. The maximum absolute atomic E-state index is 12.9. The lowest BCUT2D eigenvalue weighted by molar-refractivity contribution is -0.274. The van der Waals surface area contributed by atoms with Crippen LogP contribution in [-0.4, -0.2) is 6.36 Å². The smallest absolute Gasteiger partial charge is 0.405 e. The zero-order valence-corrected chi connectivity index (χ0v) is 8.82. The molecule has 0 amide bonds. The molecule has 0 aromatic heterocycles. The van der Waals surface area contributed by atoms with Crippen molar-refractivity contribution in [2.45, 2.75) is 11.7 Å². The Labute approximate surface area is 91.1 Å². The summed E-state index contributed by atoms with van der Waals surface area (Å²) in [6.45, 7) is 0. The number of rotatable bonds is 2. The SMILES string of the molecule is Nc1cc(OC(F)(F)F)c(CBr)cc1F. The van der Waals surface area contributed by atoms with E-state index in [-0.39, 0.29) is 16.6 Å². The number of nitrogens with two attached hydrogens (primary N) is 1. The number of nitrogen functional groups attached to an aromatic ring is 1. The number of halogens is 5. The molecule has 84 valence electrons. The van der Waals surface area contributed by atoms with Crippen LogP contribution in [0, 0.1) is 5.82 Å². The molecular formula is C8H6BrF4NO. The molecule has 0 aliphatic heterocycles. The highest BCUT2D eigenvalue weighted by atomic mass is 79.9. The van der Waals surface area contributed by atoms with Crippen molar-refractivity contribution < 1.29 is 22.3 Å². The molecule has 0 bridgehead atoms. The van der Waals surface area contributed by atoms with Crippen LogP contribution in [-0.2, 0) is 5.33 Å². The summed E-state index contributed by atoms with van der Waals surface area (Å²) in [5, 5.41) is 0.0373. The lowest BCUT2D eigenvalue weighted by Crippen LogP contribution is -2.18. The second-order valence-corrected chi connectivity index (χ2v) is 3.22. The highest BCUT2D eigenvalue weighted by molar-refractivity contribution is 9.08. The average molecular weight is 288 g/mol. The van der Waals surface area contributed by atoms with E-state index < -0.39 is 17.9 Å². The van der Waals surface area contributed by atoms with E-state index in [9.17, 15) is 17.6 Å². The minimum atomic E-state index is -4.82. The summed E-state index contributed by atoms with van der Waals surface area (Å²) in [5.74, 6) is -1.28. The van der Waals surface area contributed by atoms with E-state index in [1.165, 1.54) is 0 Å². The largest absolute Gasteiger partial charge is 0.573 e. The van der Waals surface area contributed by atoms with Gasteiger partial charge >= 0.3 is 6.36 Å². The van der Waals surface area contributed by atoms with Crippen LogP contribution in [0.5, 0.6) is 5.75 Å². The molecule has 0 heterocycles. The van der Waals surface area contributed by atoms with Crippen molar-refractivity contribution in [3.05, 3.63) is 23.5 Å². The van der Waals surface area contributed by atoms with Crippen molar-refractivity contribution in [2.75, 3.05) is 5.73 Å². The Kier molecular flexibility index (Phi) is 3.43. The first kappa shape index (κ1) is 12.1. The van der Waals surface area contributed by atoms with Crippen LogP contribution in [0.2, 0.25) is 0 Å². The van der Waals surface area contributed by atoms with Crippen LogP contribution in [0.25, 0.3) is 0 Å². The Bertz CT molecular complexity index is 366. The topological polar surface area (TPSA) is 35.2 Å². The van der Waals surface area contributed by atoms with Gasteiger partial charge in [0, 0.05) is 17.0 Å². The molecule has 1 aromatic rings. The minimum absolute atomic E-state index is 0.0373. The van der Waals surface area contributed by atoms with Crippen molar-refractivity contribution >= 4 is 21.6 Å². The molecular weight excluding hydrogens is 282 g/mol. The molecule has 0 radical (unpaired) electrons. The summed E-state index contributed by atoms with van der Waals surface area (Å²) >= 11 is 2.92. The van der Waals surface area contributed by atoms with Gasteiger partial charge in [0.1, 0.15) is 11.6 Å². The van der Waals surface area contributed by atoms with E-state index in [1.807, 2.05) is 0 Å². The van der Waals surface area contributed by atoms with Crippen molar-refractivity contribution in [1.29, 1.82) is 0 Å². The van der Waals surface area contributed by atoms with Crippen molar-refractivity contribution in [2.24, 2.45) is 0 Å². The van der Waals surface area contributed by atoms with Crippen molar-refractivity contribution in [1.82, 2.24) is 0 Å². The van der Waals surface area contributed by atoms with Crippen molar-refractivity contribution in [3.63, 3.8) is 0 Å². The van der Waals surface area contributed by atoms with Gasteiger partial charge in [0.2, 0.25) is 0 Å². The molecule has 0 unspecified atom stereocenters. The molecule has 0 spiro atoms. The lowest BCUT2D eigenvalue weighted by Gasteiger charge is -2.12. The van der Waals surface area contributed by atoms with E-state index in [0.717, 1.165) is 12.1 Å². The van der Waals surface area contributed by atoms with Crippen LogP contribution in [0.4, 0.5) is 23.2 Å². The summed E-state index contributed by atoms with van der Waals surface area (Å²) in [6.07, 6.45) is -4.82. The lowest BCUT2D eigenvalue weighted by atomic mass is 10.2. The zero-order valence-electron chi connectivity index (χ0n) is 7.24. The van der Waals surface area contributed by atoms with Gasteiger partial charge < -0.3 is 10.5 Å². The summed E-state index contributed by atoms with van der Waals surface area (Å²) in [6, 6.07) is 1.70. The van der Waals surface area contributed by atoms with E-state index in [2.05, 4.69) is 20.7 Å². The van der Waals surface area contributed by atoms with Gasteiger partial charge in [-0.05, 0) is 6.07 Å². The number of hydrogen-bond donors (Lipinski definition) is 1. The highest BCUT2D eigenvalue weighted by Crippen LogP contribution is 2.31. The molecule has 1 rings (SSSR count). The maximum atomic E-state index is 12.9. The molecule has 15 heavy (non-hydrogen) atoms. The van der Waals surface area contributed by atoms with Gasteiger partial charge in [-0.2, -0.15) is 0 Å². The second kappa shape index (κ2) is 4.26. The van der Waals surface area contributed by atoms with Gasteiger partial charge in [-0.15, -0.1) is 13.2 Å². The molecule has 0 aliphatic carbocycles. The number of alkyl halides is 4. The van der Waals surface area contributed by atoms with Gasteiger partial charge in [-0.1, -0.05) is 15.9 Å². The predicted molar refractivity (Wildman–Crippen MR) is 50.1 cm³/mol. The standard InChI is InChI=1S/C8H6BrF4NO/c9-3-4-1-5(10)6(14)2-7(4)15-8(11,12)13/h1-2H,3,14H2. The van der Waals surface area contributed by atoms with E-state index in [4.69, 9.17) is 5.73 Å². The first-order valence-electron chi connectivity index (χ1n) is 3.73. The van der Waals surface area contributed by atoms with E-state index in [1.54, 1.807) is 0 Å². The first-order chi connectivity index (χ1) is 6.83. The third kappa shape index (κ3) is 3.26. The molecule has 2 nitrogen and oxygen atoms in total. The second-order valence-electron chi connectivity index (χ2n) is 2.66. The van der Waals surface area contributed by atoms with Gasteiger partial charge in [0.05, 0.1) is 5.69 Å². The van der Waals surface area contributed by atoms with Crippen LogP contribution >= 0.6 is 15.9 Å². The third-order valence-electron chi connectivity index (χ3n) is 1.55. The molecule has 0 saturated heterocycles. The maximum Gasteiger partial charge on any atom is 0.573 e. The summed E-state index contributed by atoms with van der Waals surface area (Å²) in [5.41, 5.74) is 4.78. The van der Waals surface area contributed by atoms with E-state index in [0.29, 0.717) is 0 Å². The Morgan fingerprint density at radius 2 is 1.93 bits per heavy atom. The number of anilines is 1. The Balaban J connectivity index is 3.11. The fourth-order valence-corrected chi connectivity index (χ4v) is 1.37. The Morgan fingerprint density at radius 3 is 2.40 bits per heavy atom. The van der Waals surface area contributed by atoms with Crippen LogP contribution in [0.15, 0.2) is 12.1 Å². The fourth-order valence-electron chi connectivity index (χ4n) is 0.934. The molecule has 0 fully saturated rings. The number of benzene rings is 1. The van der Waals surface area contributed by atoms with Crippen molar-refractivity contribution in [3.8, 4) is 5.75 Å². The average Bonchev–Trinajstić information content (AvgIpc) is 2.08. The number of hydrogen-bond acceptors (Lipinski definition) is 2. The van der Waals surface area contributed by atoms with Gasteiger partial charge in [-0.3, -0.25) is 0 Å². The van der Waals surface area contributed by atoms with Gasteiger partial charge in [0.15, 0.2) is 0 Å². The fraction of sp³-hybridized carbons (Fsp3) is 0.250. The van der Waals surface area contributed by atoms with Crippen LogP contribution < -0.4 is 10.5 Å². The first-order valence-corrected chi connectivity index (χ1v) is 4.85. The molecule has 7 heteroatoms. The molecule has 0 aliphatic rings. The van der Waals surface area contributed by atoms with Gasteiger partial charge in [-0.25, -0.2) is 4.39 Å². The van der Waals surface area contributed by atoms with E-state index >= 15 is 0 Å². The Morgan fingerprint density at radius 1 is 1.33 bits per heavy atom. The van der Waals surface area contributed by atoms with Crippen LogP contribution in [0.3, 0.4) is 0 Å². The monoisotopic (exact) mass is 287 g/mol.